The molecule has 2 heterocycles. The monoisotopic (exact) mass is 455 g/mol. The Labute approximate surface area is 175 Å². The Balaban J connectivity index is 1.50. The zero-order chi connectivity index (χ0) is 20.2. The Hall–Kier alpha value is -3.27. The maximum Gasteiger partial charge on any atom is 0.257 e. The van der Waals surface area contributed by atoms with Crippen LogP contribution in [0.15, 0.2) is 79.1 Å². The molecule has 1 aliphatic rings. The normalized spacial score (nSPS) is 14.7. The molecule has 0 unspecified atom stereocenters. The Kier molecular flexibility index (Phi) is 5.52. The van der Waals surface area contributed by atoms with Crippen molar-refractivity contribution in [2.75, 3.05) is 14.1 Å². The van der Waals surface area contributed by atoms with Gasteiger partial charge >= 0.3 is 0 Å². The molecule has 0 N–H and O–H groups in total. The fraction of sp³-hybridized carbons (Fsp3) is 0.211. The Morgan fingerprint density at radius 2 is 1.72 bits per heavy atom. The first kappa shape index (κ1) is 19.1. The standard InChI is InChI=1S/C19H18BrN7O2/c1-26-19(27(2)25-24-26)17(13-6-4-3-5-7-13)23-28-12-16-21-22-18(29-16)14-8-10-15(20)11-9-14/h3-11,19H,12H2,1-2H3/b23-17-. The first-order valence-corrected chi connectivity index (χ1v) is 9.62. The van der Waals surface area contributed by atoms with Crippen LogP contribution in [-0.2, 0) is 11.4 Å². The van der Waals surface area contributed by atoms with Gasteiger partial charge in [0.15, 0.2) is 12.8 Å². The van der Waals surface area contributed by atoms with Gasteiger partial charge < -0.3 is 9.25 Å². The Morgan fingerprint density at radius 1 is 1.03 bits per heavy atom. The van der Waals surface area contributed by atoms with E-state index < -0.39 is 0 Å². The summed E-state index contributed by atoms with van der Waals surface area (Å²) >= 11 is 3.40. The number of benzene rings is 2. The molecule has 0 radical (unpaired) electrons. The van der Waals surface area contributed by atoms with Crippen molar-refractivity contribution in [3.05, 3.63) is 70.5 Å². The number of rotatable bonds is 6. The van der Waals surface area contributed by atoms with Crippen molar-refractivity contribution in [1.29, 1.82) is 0 Å². The highest BCUT2D eigenvalue weighted by Crippen LogP contribution is 2.21. The molecular weight excluding hydrogens is 438 g/mol. The average molecular weight is 456 g/mol. The van der Waals surface area contributed by atoms with Crippen LogP contribution < -0.4 is 0 Å². The quantitative estimate of drug-likeness (QED) is 0.413. The fourth-order valence-electron chi connectivity index (χ4n) is 2.86. The maximum absolute atomic E-state index is 5.68. The van der Waals surface area contributed by atoms with Crippen LogP contribution in [0.1, 0.15) is 11.5 Å². The topological polar surface area (TPSA) is 91.7 Å². The number of hydrogen-bond donors (Lipinski definition) is 0. The second-order valence-corrected chi connectivity index (χ2v) is 7.24. The Morgan fingerprint density at radius 3 is 2.41 bits per heavy atom. The molecule has 1 aromatic heterocycles. The highest BCUT2D eigenvalue weighted by atomic mass is 79.9. The zero-order valence-corrected chi connectivity index (χ0v) is 17.4. The van der Waals surface area contributed by atoms with Crippen molar-refractivity contribution >= 4 is 21.6 Å². The molecule has 4 rings (SSSR count). The molecule has 3 aromatic rings. The summed E-state index contributed by atoms with van der Waals surface area (Å²) in [7, 11) is 3.66. The largest absolute Gasteiger partial charge is 0.417 e. The van der Waals surface area contributed by atoms with E-state index in [1.165, 1.54) is 0 Å². The number of hydrogen-bond acceptors (Lipinski definition) is 9. The molecule has 0 atom stereocenters. The lowest BCUT2D eigenvalue weighted by Crippen LogP contribution is -2.42. The first-order chi connectivity index (χ1) is 14.1. The summed E-state index contributed by atoms with van der Waals surface area (Å²) in [6.07, 6.45) is -0.279. The molecule has 0 saturated carbocycles. The van der Waals surface area contributed by atoms with E-state index in [-0.39, 0.29) is 12.8 Å². The van der Waals surface area contributed by atoms with E-state index in [0.717, 1.165) is 15.6 Å². The summed E-state index contributed by atoms with van der Waals surface area (Å²) in [5.74, 6) is 0.762. The van der Waals surface area contributed by atoms with Gasteiger partial charge in [0.1, 0.15) is 5.71 Å². The van der Waals surface area contributed by atoms with Crippen molar-refractivity contribution in [3.63, 3.8) is 0 Å². The summed E-state index contributed by atoms with van der Waals surface area (Å²) in [6.45, 7) is 0.0499. The summed E-state index contributed by atoms with van der Waals surface area (Å²) in [6, 6.07) is 17.4. The van der Waals surface area contributed by atoms with Crippen LogP contribution >= 0.6 is 15.9 Å². The average Bonchev–Trinajstić information content (AvgIpc) is 3.34. The van der Waals surface area contributed by atoms with Gasteiger partial charge in [-0.05, 0) is 24.3 Å². The molecule has 1 aliphatic heterocycles. The predicted molar refractivity (Wildman–Crippen MR) is 109 cm³/mol. The Bertz CT molecular complexity index is 1010. The van der Waals surface area contributed by atoms with Gasteiger partial charge in [0, 0.05) is 29.7 Å². The van der Waals surface area contributed by atoms with Crippen molar-refractivity contribution < 1.29 is 9.25 Å². The molecule has 0 fully saturated rings. The van der Waals surface area contributed by atoms with E-state index in [2.05, 4.69) is 41.7 Å². The van der Waals surface area contributed by atoms with Crippen molar-refractivity contribution in [2.24, 2.45) is 15.6 Å². The number of nitrogens with zero attached hydrogens (tertiary/aromatic N) is 7. The third-order valence-corrected chi connectivity index (χ3v) is 4.78. The highest BCUT2D eigenvalue weighted by molar-refractivity contribution is 9.10. The second kappa shape index (κ2) is 8.39. The van der Waals surface area contributed by atoms with Gasteiger partial charge in [-0.25, -0.2) is 0 Å². The summed E-state index contributed by atoms with van der Waals surface area (Å²) < 4.78 is 6.65. The molecule has 148 valence electrons. The first-order valence-electron chi connectivity index (χ1n) is 8.82. The van der Waals surface area contributed by atoms with Crippen LogP contribution in [0.3, 0.4) is 0 Å². The summed E-state index contributed by atoms with van der Waals surface area (Å²) in [5, 5.41) is 24.0. The molecule has 10 heteroatoms. The minimum Gasteiger partial charge on any atom is -0.417 e. The van der Waals surface area contributed by atoms with E-state index in [4.69, 9.17) is 9.25 Å². The molecule has 0 bridgehead atoms. The highest BCUT2D eigenvalue weighted by Gasteiger charge is 2.31. The molecule has 2 aromatic carbocycles. The lowest BCUT2D eigenvalue weighted by atomic mass is 10.1. The van der Waals surface area contributed by atoms with Crippen LogP contribution in [-0.4, -0.2) is 46.2 Å². The molecule has 0 aliphatic carbocycles. The molecule has 0 spiro atoms. The van der Waals surface area contributed by atoms with E-state index in [1.807, 2.05) is 68.7 Å². The number of likely N-dealkylation sites (N-methyl/N-ethyl adjacent to an activating group) is 2. The minimum absolute atomic E-state index is 0.0499. The van der Waals surface area contributed by atoms with Crippen LogP contribution in [0.2, 0.25) is 0 Å². The number of halogens is 1. The number of oxime groups is 1. The molecule has 0 saturated heterocycles. The van der Waals surface area contributed by atoms with Gasteiger partial charge in [-0.3, -0.25) is 10.0 Å². The summed E-state index contributed by atoms with van der Waals surface area (Å²) in [4.78, 5) is 5.56. The zero-order valence-electron chi connectivity index (χ0n) is 15.8. The van der Waals surface area contributed by atoms with Crippen molar-refractivity contribution in [3.8, 4) is 11.5 Å². The van der Waals surface area contributed by atoms with E-state index in [0.29, 0.717) is 17.5 Å². The van der Waals surface area contributed by atoms with Gasteiger partial charge in [0.25, 0.3) is 5.89 Å². The molecular formula is C19H18BrN7O2. The van der Waals surface area contributed by atoms with Crippen molar-refractivity contribution in [2.45, 2.75) is 12.8 Å². The van der Waals surface area contributed by atoms with Gasteiger partial charge in [-0.15, -0.1) is 10.2 Å². The van der Waals surface area contributed by atoms with E-state index in [1.54, 1.807) is 10.0 Å². The smallest absolute Gasteiger partial charge is 0.257 e. The molecule has 29 heavy (non-hydrogen) atoms. The van der Waals surface area contributed by atoms with Gasteiger partial charge in [-0.1, -0.05) is 61.9 Å². The lowest BCUT2D eigenvalue weighted by molar-refractivity contribution is 0.106. The van der Waals surface area contributed by atoms with Gasteiger partial charge in [0.05, 0.1) is 0 Å². The molecule has 0 amide bonds. The third-order valence-electron chi connectivity index (χ3n) is 4.25. The third kappa shape index (κ3) is 4.27. The number of aromatic nitrogens is 2. The van der Waals surface area contributed by atoms with Crippen LogP contribution in [0.25, 0.3) is 11.5 Å². The van der Waals surface area contributed by atoms with Gasteiger partial charge in [-0.2, -0.15) is 0 Å². The van der Waals surface area contributed by atoms with Crippen LogP contribution in [0, 0.1) is 0 Å². The fourth-order valence-corrected chi connectivity index (χ4v) is 3.12. The SMILES string of the molecule is CN1N=NN(C)C1/C(=N\OCc1nnc(-c2ccc(Br)cc2)o1)c1ccccc1. The van der Waals surface area contributed by atoms with E-state index in [9.17, 15) is 0 Å². The second-order valence-electron chi connectivity index (χ2n) is 6.32. The lowest BCUT2D eigenvalue weighted by Gasteiger charge is -2.23. The predicted octanol–water partition coefficient (Wildman–Crippen LogP) is 3.91. The van der Waals surface area contributed by atoms with E-state index >= 15 is 0 Å². The van der Waals surface area contributed by atoms with Crippen LogP contribution in [0.5, 0.6) is 0 Å². The van der Waals surface area contributed by atoms with Crippen LogP contribution in [0.4, 0.5) is 0 Å². The summed E-state index contributed by atoms with van der Waals surface area (Å²) in [5.41, 5.74) is 2.41. The van der Waals surface area contributed by atoms with Crippen molar-refractivity contribution in [1.82, 2.24) is 20.2 Å². The molecule has 9 nitrogen and oxygen atoms in total. The maximum atomic E-state index is 5.68. The minimum atomic E-state index is -0.279. The van der Waals surface area contributed by atoms with Gasteiger partial charge in [0.2, 0.25) is 5.89 Å².